The van der Waals surface area contributed by atoms with Crippen LogP contribution in [0.2, 0.25) is 10.0 Å². The Labute approximate surface area is 228 Å². The van der Waals surface area contributed by atoms with Gasteiger partial charge in [-0.05, 0) is 42.5 Å². The predicted molar refractivity (Wildman–Crippen MR) is 150 cm³/mol. The number of benzene rings is 2. The minimum absolute atomic E-state index is 0.231. The van der Waals surface area contributed by atoms with Crippen LogP contribution in [0.15, 0.2) is 72.1 Å². The Morgan fingerprint density at radius 1 is 0.973 bits per heavy atom. The number of piperazine rings is 1. The van der Waals surface area contributed by atoms with Crippen LogP contribution in [-0.2, 0) is 0 Å². The van der Waals surface area contributed by atoms with Gasteiger partial charge in [0.2, 0.25) is 5.95 Å². The van der Waals surface area contributed by atoms with Crippen molar-refractivity contribution in [2.24, 2.45) is 0 Å². The van der Waals surface area contributed by atoms with E-state index in [1.54, 1.807) is 29.3 Å². The SMILES string of the molecule is O=C1c2cnc(Nc3ccc(N4CCNCC4)c(-n4cccc4)c3)nc2SCN1c1c(Cl)cccc1Cl. The molecule has 1 saturated heterocycles. The minimum atomic E-state index is -0.231. The van der Waals surface area contributed by atoms with E-state index in [0.717, 1.165) is 37.6 Å². The lowest BCUT2D eigenvalue weighted by Crippen LogP contribution is -2.43. The van der Waals surface area contributed by atoms with Gasteiger partial charge in [0.25, 0.3) is 5.91 Å². The first-order valence-electron chi connectivity index (χ1n) is 11.8. The lowest BCUT2D eigenvalue weighted by atomic mass is 10.2. The number of thioether (sulfide) groups is 1. The van der Waals surface area contributed by atoms with Crippen molar-refractivity contribution >= 4 is 63.9 Å². The fourth-order valence-corrected chi connectivity index (χ4v) is 6.08. The first kappa shape index (κ1) is 24.1. The van der Waals surface area contributed by atoms with Crippen molar-refractivity contribution in [3.05, 3.63) is 82.7 Å². The summed E-state index contributed by atoms with van der Waals surface area (Å²) < 4.78 is 2.11. The molecule has 1 fully saturated rings. The van der Waals surface area contributed by atoms with Gasteiger partial charge >= 0.3 is 0 Å². The van der Waals surface area contributed by atoms with Crippen molar-refractivity contribution in [3.8, 4) is 5.69 Å². The molecular formula is C26H23Cl2N7OS. The van der Waals surface area contributed by atoms with Crippen LogP contribution in [0.25, 0.3) is 5.69 Å². The highest BCUT2D eigenvalue weighted by Gasteiger charge is 2.30. The third kappa shape index (κ3) is 4.75. The van der Waals surface area contributed by atoms with Gasteiger partial charge in [-0.15, -0.1) is 0 Å². The largest absolute Gasteiger partial charge is 0.367 e. The summed E-state index contributed by atoms with van der Waals surface area (Å²) in [7, 11) is 0. The number of amides is 1. The van der Waals surface area contributed by atoms with Crippen LogP contribution in [-0.4, -0.2) is 52.5 Å². The summed E-state index contributed by atoms with van der Waals surface area (Å²) >= 11 is 14.1. The number of nitrogens with one attached hydrogen (secondary N) is 2. The van der Waals surface area contributed by atoms with Crippen molar-refractivity contribution in [2.45, 2.75) is 5.03 Å². The molecule has 0 aliphatic carbocycles. The number of hydrogen-bond donors (Lipinski definition) is 2. The molecule has 0 radical (unpaired) electrons. The third-order valence-corrected chi connectivity index (χ3v) is 7.92. The number of aromatic nitrogens is 3. The molecular weight excluding hydrogens is 529 g/mol. The van der Waals surface area contributed by atoms with Crippen molar-refractivity contribution in [1.29, 1.82) is 0 Å². The van der Waals surface area contributed by atoms with E-state index < -0.39 is 0 Å². The molecule has 11 heteroatoms. The molecule has 2 aromatic heterocycles. The van der Waals surface area contributed by atoms with E-state index >= 15 is 0 Å². The van der Waals surface area contributed by atoms with Gasteiger partial charge in [0.15, 0.2) is 0 Å². The summed E-state index contributed by atoms with van der Waals surface area (Å²) in [6.45, 7) is 3.84. The van der Waals surface area contributed by atoms with Gasteiger partial charge in [0.05, 0.1) is 38.5 Å². The zero-order valence-electron chi connectivity index (χ0n) is 19.7. The second-order valence-electron chi connectivity index (χ2n) is 8.65. The summed E-state index contributed by atoms with van der Waals surface area (Å²) in [5, 5.41) is 8.19. The van der Waals surface area contributed by atoms with E-state index in [1.807, 2.05) is 30.6 Å². The predicted octanol–water partition coefficient (Wildman–Crippen LogP) is 5.44. The number of para-hydroxylation sites is 1. The van der Waals surface area contributed by atoms with Crippen molar-refractivity contribution < 1.29 is 4.79 Å². The van der Waals surface area contributed by atoms with E-state index in [2.05, 4.69) is 42.2 Å². The molecule has 4 heterocycles. The number of carbonyl (C=O) groups is 1. The van der Waals surface area contributed by atoms with Gasteiger partial charge in [-0.1, -0.05) is 41.0 Å². The zero-order chi connectivity index (χ0) is 25.4. The summed E-state index contributed by atoms with van der Waals surface area (Å²) in [5.74, 6) is 0.547. The molecule has 0 spiro atoms. The minimum Gasteiger partial charge on any atom is -0.367 e. The van der Waals surface area contributed by atoms with Gasteiger partial charge < -0.3 is 20.1 Å². The highest BCUT2D eigenvalue weighted by molar-refractivity contribution is 7.99. The highest BCUT2D eigenvalue weighted by Crippen LogP contribution is 2.39. The van der Waals surface area contributed by atoms with Crippen molar-refractivity contribution in [2.75, 3.05) is 47.2 Å². The third-order valence-electron chi connectivity index (χ3n) is 6.34. The highest BCUT2D eigenvalue weighted by atomic mass is 35.5. The lowest BCUT2D eigenvalue weighted by Gasteiger charge is -2.31. The van der Waals surface area contributed by atoms with Crippen LogP contribution < -0.4 is 20.4 Å². The van der Waals surface area contributed by atoms with Gasteiger partial charge in [-0.25, -0.2) is 9.97 Å². The topological polar surface area (TPSA) is 78.3 Å². The van der Waals surface area contributed by atoms with Gasteiger partial charge in [0.1, 0.15) is 5.03 Å². The molecule has 0 atom stereocenters. The number of rotatable bonds is 5. The van der Waals surface area contributed by atoms with Gasteiger partial charge in [-0.3, -0.25) is 9.69 Å². The normalized spacial score (nSPS) is 15.6. The van der Waals surface area contributed by atoms with Crippen LogP contribution in [0.4, 0.5) is 23.0 Å². The van der Waals surface area contributed by atoms with Crippen LogP contribution in [0, 0.1) is 0 Å². The molecule has 2 aromatic carbocycles. The van der Waals surface area contributed by atoms with Crippen LogP contribution in [0.5, 0.6) is 0 Å². The quantitative estimate of drug-likeness (QED) is 0.320. The van der Waals surface area contributed by atoms with E-state index in [-0.39, 0.29) is 5.91 Å². The fraction of sp³-hybridized carbons (Fsp3) is 0.192. The molecule has 6 rings (SSSR count). The van der Waals surface area contributed by atoms with E-state index in [0.29, 0.717) is 38.1 Å². The Kier molecular flexibility index (Phi) is 6.69. The van der Waals surface area contributed by atoms with Gasteiger partial charge in [-0.2, -0.15) is 0 Å². The smallest absolute Gasteiger partial charge is 0.263 e. The molecule has 1 amide bonds. The Morgan fingerprint density at radius 2 is 1.73 bits per heavy atom. The maximum absolute atomic E-state index is 13.2. The lowest BCUT2D eigenvalue weighted by molar-refractivity contribution is 0.0985. The second kappa shape index (κ2) is 10.3. The summed E-state index contributed by atoms with van der Waals surface area (Å²) in [6.07, 6.45) is 5.64. The standard InChI is InChI=1S/C26H23Cl2N7OS/c27-19-4-3-5-20(28)23(19)35-16-37-24-18(25(35)36)15-30-26(32-24)31-17-6-7-21(34-12-8-29-9-13-34)22(14-17)33-10-1-2-11-33/h1-7,10-11,14-15,29H,8-9,12-13,16H2,(H,30,31,32). The Hall–Kier alpha value is -3.24. The summed E-state index contributed by atoms with van der Waals surface area (Å²) in [4.78, 5) is 26.3. The monoisotopic (exact) mass is 551 g/mol. The van der Waals surface area contributed by atoms with Crippen molar-refractivity contribution in [1.82, 2.24) is 19.9 Å². The molecule has 2 aliphatic heterocycles. The number of halogens is 2. The second-order valence-corrected chi connectivity index (χ2v) is 10.4. The number of carbonyl (C=O) groups excluding carboxylic acids is 1. The molecule has 2 aliphatic rings. The van der Waals surface area contributed by atoms with E-state index in [4.69, 9.17) is 23.2 Å². The first-order valence-corrected chi connectivity index (χ1v) is 13.6. The fourth-order valence-electron chi connectivity index (χ4n) is 4.53. The average Bonchev–Trinajstić information content (AvgIpc) is 3.45. The zero-order valence-corrected chi connectivity index (χ0v) is 22.0. The number of fused-ring (bicyclic) bond motifs is 1. The number of nitrogens with zero attached hydrogens (tertiary/aromatic N) is 5. The molecule has 0 bridgehead atoms. The Morgan fingerprint density at radius 3 is 2.49 bits per heavy atom. The van der Waals surface area contributed by atoms with Crippen LogP contribution in [0.1, 0.15) is 10.4 Å². The average molecular weight is 552 g/mol. The molecule has 4 aromatic rings. The molecule has 0 unspecified atom stereocenters. The van der Waals surface area contributed by atoms with E-state index in [1.165, 1.54) is 17.4 Å². The van der Waals surface area contributed by atoms with E-state index in [9.17, 15) is 4.79 Å². The summed E-state index contributed by atoms with van der Waals surface area (Å²) in [5.41, 5.74) is 4.03. The maximum Gasteiger partial charge on any atom is 0.263 e. The van der Waals surface area contributed by atoms with Crippen LogP contribution >= 0.6 is 35.0 Å². The molecule has 2 N–H and O–H groups in total. The summed E-state index contributed by atoms with van der Waals surface area (Å²) in [6, 6.07) is 15.5. The number of hydrogen-bond acceptors (Lipinski definition) is 7. The van der Waals surface area contributed by atoms with Gasteiger partial charge in [0, 0.05) is 50.5 Å². The van der Waals surface area contributed by atoms with Crippen LogP contribution in [0.3, 0.4) is 0 Å². The Bertz CT molecular complexity index is 1440. The first-order chi connectivity index (χ1) is 18.1. The number of anilines is 4. The van der Waals surface area contributed by atoms with Crippen molar-refractivity contribution in [3.63, 3.8) is 0 Å². The molecule has 37 heavy (non-hydrogen) atoms. The Balaban J connectivity index is 1.27. The molecule has 8 nitrogen and oxygen atoms in total. The molecule has 0 saturated carbocycles. The maximum atomic E-state index is 13.2. The molecule has 188 valence electrons.